The number of nitrogens with two attached hydrogens (primary N) is 1. The van der Waals surface area contributed by atoms with Gasteiger partial charge in [0.15, 0.2) is 0 Å². The summed E-state index contributed by atoms with van der Waals surface area (Å²) in [5.74, 6) is 0.00383. The van der Waals surface area contributed by atoms with Gasteiger partial charge >= 0.3 is 0 Å². The van der Waals surface area contributed by atoms with Crippen LogP contribution in [-0.4, -0.2) is 23.9 Å². The Hall–Kier alpha value is -1.58. The van der Waals surface area contributed by atoms with Gasteiger partial charge in [-0.05, 0) is 30.5 Å². The molecule has 1 fully saturated rings. The van der Waals surface area contributed by atoms with Crippen molar-refractivity contribution in [2.45, 2.75) is 13.3 Å². The molecular weight excluding hydrogens is 207 g/mol. The van der Waals surface area contributed by atoms with Gasteiger partial charge in [-0.3, -0.25) is 4.79 Å². The Kier molecular flexibility index (Phi) is 2.81. The van der Waals surface area contributed by atoms with Crippen molar-refractivity contribution in [3.8, 4) is 0 Å². The molecule has 2 rings (SSSR count). The van der Waals surface area contributed by atoms with Gasteiger partial charge in [-0.2, -0.15) is 0 Å². The number of carbonyl (C=O) groups is 1. The summed E-state index contributed by atoms with van der Waals surface area (Å²) < 4.78 is 13.0. The number of halogens is 1. The van der Waals surface area contributed by atoms with E-state index in [9.17, 15) is 9.18 Å². The molecule has 1 aliphatic rings. The maximum atomic E-state index is 13.0. The molecule has 0 radical (unpaired) electrons. The lowest BCUT2D eigenvalue weighted by molar-refractivity contribution is 0.0788. The van der Waals surface area contributed by atoms with Crippen molar-refractivity contribution in [3.63, 3.8) is 0 Å². The molecule has 1 atom stereocenters. The maximum Gasteiger partial charge on any atom is 0.253 e. The predicted molar refractivity (Wildman–Crippen MR) is 60.5 cm³/mol. The number of amides is 1. The van der Waals surface area contributed by atoms with E-state index in [2.05, 4.69) is 6.92 Å². The van der Waals surface area contributed by atoms with Gasteiger partial charge in [-0.25, -0.2) is 4.39 Å². The van der Waals surface area contributed by atoms with Crippen LogP contribution in [0.5, 0.6) is 0 Å². The van der Waals surface area contributed by atoms with Crippen LogP contribution in [0.1, 0.15) is 23.7 Å². The molecule has 1 amide bonds. The van der Waals surface area contributed by atoms with Crippen LogP contribution >= 0.6 is 0 Å². The van der Waals surface area contributed by atoms with Crippen molar-refractivity contribution < 1.29 is 9.18 Å². The number of hydrogen-bond donors (Lipinski definition) is 1. The molecule has 1 aromatic rings. The highest BCUT2D eigenvalue weighted by Crippen LogP contribution is 2.19. The third kappa shape index (κ3) is 2.01. The minimum atomic E-state index is -0.480. The van der Waals surface area contributed by atoms with Crippen molar-refractivity contribution in [1.82, 2.24) is 4.90 Å². The molecule has 3 nitrogen and oxygen atoms in total. The number of carbonyl (C=O) groups excluding carboxylic acids is 1. The third-order valence-electron chi connectivity index (χ3n) is 2.95. The number of likely N-dealkylation sites (tertiary alicyclic amines) is 1. The largest absolute Gasteiger partial charge is 0.396 e. The van der Waals surface area contributed by atoms with E-state index in [-0.39, 0.29) is 11.6 Å². The molecule has 4 heteroatoms. The first kappa shape index (κ1) is 10.9. The van der Waals surface area contributed by atoms with Gasteiger partial charge in [0.05, 0.1) is 5.69 Å². The van der Waals surface area contributed by atoms with Gasteiger partial charge in [-0.15, -0.1) is 0 Å². The van der Waals surface area contributed by atoms with E-state index in [1.807, 2.05) is 0 Å². The molecule has 1 saturated heterocycles. The van der Waals surface area contributed by atoms with Gasteiger partial charge < -0.3 is 10.6 Å². The van der Waals surface area contributed by atoms with Crippen molar-refractivity contribution >= 4 is 11.6 Å². The first-order valence-corrected chi connectivity index (χ1v) is 5.42. The Balaban J connectivity index is 2.18. The van der Waals surface area contributed by atoms with E-state index in [1.54, 1.807) is 4.90 Å². The quantitative estimate of drug-likeness (QED) is 0.737. The molecule has 1 aliphatic heterocycles. The highest BCUT2D eigenvalue weighted by molar-refractivity contribution is 5.95. The second-order valence-corrected chi connectivity index (χ2v) is 4.38. The fourth-order valence-corrected chi connectivity index (χ4v) is 1.98. The molecule has 1 unspecified atom stereocenters. The molecule has 0 aliphatic carbocycles. The Bertz CT molecular complexity index is 419. The summed E-state index contributed by atoms with van der Waals surface area (Å²) in [6.45, 7) is 3.67. The fourth-order valence-electron chi connectivity index (χ4n) is 1.98. The van der Waals surface area contributed by atoms with E-state index in [1.165, 1.54) is 18.2 Å². The van der Waals surface area contributed by atoms with E-state index >= 15 is 0 Å². The highest BCUT2D eigenvalue weighted by atomic mass is 19.1. The number of anilines is 1. The summed E-state index contributed by atoms with van der Waals surface area (Å²) in [6, 6.07) is 4.12. The molecule has 86 valence electrons. The molecule has 1 heterocycles. The standard InChI is InChI=1S/C12H15FN2O/c1-8-4-5-15(7-8)12(16)9-2-3-10(13)11(14)6-9/h2-3,6,8H,4-5,7,14H2,1H3. The first-order valence-electron chi connectivity index (χ1n) is 5.42. The number of benzene rings is 1. The van der Waals surface area contributed by atoms with Crippen LogP contribution < -0.4 is 5.73 Å². The average molecular weight is 222 g/mol. The zero-order valence-electron chi connectivity index (χ0n) is 9.24. The lowest BCUT2D eigenvalue weighted by Crippen LogP contribution is -2.28. The molecule has 16 heavy (non-hydrogen) atoms. The lowest BCUT2D eigenvalue weighted by atomic mass is 10.1. The average Bonchev–Trinajstić information content (AvgIpc) is 2.68. The van der Waals surface area contributed by atoms with Gasteiger partial charge in [0.2, 0.25) is 0 Å². The smallest absolute Gasteiger partial charge is 0.253 e. The van der Waals surface area contributed by atoms with Crippen LogP contribution in [0.25, 0.3) is 0 Å². The lowest BCUT2D eigenvalue weighted by Gasteiger charge is -2.16. The van der Waals surface area contributed by atoms with Gasteiger partial charge in [0.1, 0.15) is 5.82 Å². The number of nitrogens with zero attached hydrogens (tertiary/aromatic N) is 1. The van der Waals surface area contributed by atoms with Crippen LogP contribution in [0.4, 0.5) is 10.1 Å². The molecule has 0 spiro atoms. The summed E-state index contributed by atoms with van der Waals surface area (Å²) in [4.78, 5) is 13.8. The summed E-state index contributed by atoms with van der Waals surface area (Å²) >= 11 is 0. The minimum absolute atomic E-state index is 0.0260. The number of nitrogen functional groups attached to an aromatic ring is 1. The van der Waals surface area contributed by atoms with Crippen LogP contribution in [-0.2, 0) is 0 Å². The SMILES string of the molecule is CC1CCN(C(=O)c2ccc(F)c(N)c2)C1. The minimum Gasteiger partial charge on any atom is -0.396 e. The first-order chi connectivity index (χ1) is 7.58. The predicted octanol–water partition coefficient (Wildman–Crippen LogP) is 1.89. The summed E-state index contributed by atoms with van der Waals surface area (Å²) in [5, 5.41) is 0. The zero-order valence-corrected chi connectivity index (χ0v) is 9.24. The summed E-state index contributed by atoms with van der Waals surface area (Å²) in [6.07, 6.45) is 1.03. The second kappa shape index (κ2) is 4.12. The summed E-state index contributed by atoms with van der Waals surface area (Å²) in [5.41, 5.74) is 5.93. The van der Waals surface area contributed by atoms with Crippen molar-refractivity contribution in [2.24, 2.45) is 5.92 Å². The van der Waals surface area contributed by atoms with Crippen molar-refractivity contribution in [3.05, 3.63) is 29.6 Å². The Morgan fingerprint density at radius 1 is 1.56 bits per heavy atom. The van der Waals surface area contributed by atoms with Gasteiger partial charge in [-0.1, -0.05) is 6.92 Å². The summed E-state index contributed by atoms with van der Waals surface area (Å²) in [7, 11) is 0. The van der Waals surface area contributed by atoms with Crippen molar-refractivity contribution in [2.75, 3.05) is 18.8 Å². The van der Waals surface area contributed by atoms with E-state index in [4.69, 9.17) is 5.73 Å². The third-order valence-corrected chi connectivity index (χ3v) is 2.95. The molecule has 2 N–H and O–H groups in total. The fraction of sp³-hybridized carbons (Fsp3) is 0.417. The maximum absolute atomic E-state index is 13.0. The van der Waals surface area contributed by atoms with Crippen LogP contribution in [0, 0.1) is 11.7 Å². The van der Waals surface area contributed by atoms with Gasteiger partial charge in [0, 0.05) is 18.7 Å². The zero-order chi connectivity index (χ0) is 11.7. The Morgan fingerprint density at radius 3 is 2.88 bits per heavy atom. The number of rotatable bonds is 1. The van der Waals surface area contributed by atoms with Crippen LogP contribution in [0.3, 0.4) is 0 Å². The van der Waals surface area contributed by atoms with Crippen LogP contribution in [0.15, 0.2) is 18.2 Å². The monoisotopic (exact) mass is 222 g/mol. The highest BCUT2D eigenvalue weighted by Gasteiger charge is 2.24. The van der Waals surface area contributed by atoms with E-state index in [0.717, 1.165) is 19.5 Å². The van der Waals surface area contributed by atoms with E-state index < -0.39 is 5.82 Å². The second-order valence-electron chi connectivity index (χ2n) is 4.38. The normalized spacial score (nSPS) is 20.1. The number of hydrogen-bond acceptors (Lipinski definition) is 2. The molecular formula is C12H15FN2O. The van der Waals surface area contributed by atoms with E-state index in [0.29, 0.717) is 11.5 Å². The van der Waals surface area contributed by atoms with Crippen molar-refractivity contribution in [1.29, 1.82) is 0 Å². The topological polar surface area (TPSA) is 46.3 Å². The van der Waals surface area contributed by atoms with Crippen LogP contribution in [0.2, 0.25) is 0 Å². The Morgan fingerprint density at radius 2 is 2.31 bits per heavy atom. The molecule has 0 aromatic heterocycles. The van der Waals surface area contributed by atoms with Gasteiger partial charge in [0.25, 0.3) is 5.91 Å². The molecule has 0 saturated carbocycles. The Labute approximate surface area is 94.0 Å². The molecule has 1 aromatic carbocycles. The molecule has 0 bridgehead atoms.